The smallest absolute Gasteiger partial charge is 0.193 e. The zero-order valence-corrected chi connectivity index (χ0v) is 16.0. The van der Waals surface area contributed by atoms with E-state index in [9.17, 15) is 0 Å². The van der Waals surface area contributed by atoms with Crippen molar-refractivity contribution in [2.75, 3.05) is 39.4 Å². The van der Waals surface area contributed by atoms with E-state index in [1.807, 2.05) is 18.2 Å². The van der Waals surface area contributed by atoms with E-state index >= 15 is 0 Å². The number of nitrogens with one attached hydrogen (secondary N) is 1. The van der Waals surface area contributed by atoms with Gasteiger partial charge in [0.1, 0.15) is 5.75 Å². The van der Waals surface area contributed by atoms with Crippen LogP contribution >= 0.6 is 0 Å². The molecule has 0 aromatic heterocycles. The van der Waals surface area contributed by atoms with Gasteiger partial charge in [0, 0.05) is 39.2 Å². The minimum Gasteiger partial charge on any atom is -0.493 e. The Kier molecular flexibility index (Phi) is 8.60. The van der Waals surface area contributed by atoms with Crippen LogP contribution in [0.2, 0.25) is 0 Å². The second-order valence-corrected chi connectivity index (χ2v) is 6.34. The molecule has 1 saturated heterocycles. The van der Waals surface area contributed by atoms with E-state index in [4.69, 9.17) is 14.5 Å². The summed E-state index contributed by atoms with van der Waals surface area (Å²) in [5.74, 6) is 1.99. The van der Waals surface area contributed by atoms with Crippen LogP contribution in [-0.4, -0.2) is 56.4 Å². The lowest BCUT2D eigenvalue weighted by atomic mass is 10.1. The predicted octanol–water partition coefficient (Wildman–Crippen LogP) is 3.23. The summed E-state index contributed by atoms with van der Waals surface area (Å²) in [6.07, 6.45) is 3.48. The first-order valence-corrected chi connectivity index (χ1v) is 9.57. The number of hydrogen-bond donors (Lipinski definition) is 1. The molecule has 0 amide bonds. The van der Waals surface area contributed by atoms with Crippen molar-refractivity contribution in [1.82, 2.24) is 10.2 Å². The van der Waals surface area contributed by atoms with Crippen LogP contribution < -0.4 is 10.1 Å². The van der Waals surface area contributed by atoms with Gasteiger partial charge in [0.05, 0.1) is 12.7 Å². The van der Waals surface area contributed by atoms with Crippen LogP contribution in [0.1, 0.15) is 38.7 Å². The Balaban J connectivity index is 1.75. The molecule has 0 saturated carbocycles. The Morgan fingerprint density at radius 1 is 1.24 bits per heavy atom. The number of guanidine groups is 1. The molecule has 5 nitrogen and oxygen atoms in total. The summed E-state index contributed by atoms with van der Waals surface area (Å²) in [6.45, 7) is 11.4. The molecule has 0 unspecified atom stereocenters. The number of aliphatic imine (C=N–C) groups is 1. The molecule has 0 atom stereocenters. The number of hydrogen-bond acceptors (Lipinski definition) is 3. The normalized spacial score (nSPS) is 16.1. The van der Waals surface area contributed by atoms with E-state index < -0.39 is 0 Å². The number of ether oxygens (including phenoxy) is 2. The molecule has 0 aliphatic carbocycles. The third-order valence-corrected chi connectivity index (χ3v) is 4.39. The number of aryl methyl sites for hydroxylation is 1. The van der Waals surface area contributed by atoms with Crippen LogP contribution in [0.3, 0.4) is 0 Å². The lowest BCUT2D eigenvalue weighted by Gasteiger charge is -2.34. The van der Waals surface area contributed by atoms with Gasteiger partial charge >= 0.3 is 0 Å². The van der Waals surface area contributed by atoms with E-state index in [0.717, 1.165) is 63.8 Å². The quantitative estimate of drug-likeness (QED) is 0.445. The lowest BCUT2D eigenvalue weighted by molar-refractivity contribution is 0.0264. The Hall–Kier alpha value is -1.75. The highest BCUT2D eigenvalue weighted by Crippen LogP contribution is 2.16. The number of nitrogens with zero attached hydrogens (tertiary/aromatic N) is 2. The van der Waals surface area contributed by atoms with E-state index in [1.54, 1.807) is 0 Å². The lowest BCUT2D eigenvalue weighted by Crippen LogP contribution is -2.47. The molecule has 1 heterocycles. The largest absolute Gasteiger partial charge is 0.493 e. The van der Waals surface area contributed by atoms with Crippen LogP contribution in [0.4, 0.5) is 0 Å². The van der Waals surface area contributed by atoms with Crippen molar-refractivity contribution in [3.63, 3.8) is 0 Å². The van der Waals surface area contributed by atoms with Gasteiger partial charge in [-0.2, -0.15) is 0 Å². The van der Waals surface area contributed by atoms with Crippen molar-refractivity contribution in [3.8, 4) is 5.75 Å². The molecule has 2 rings (SSSR count). The summed E-state index contributed by atoms with van der Waals surface area (Å²) in [6, 6.07) is 8.13. The fourth-order valence-corrected chi connectivity index (χ4v) is 3.05. The van der Waals surface area contributed by atoms with Gasteiger partial charge in [0.25, 0.3) is 0 Å². The third-order valence-electron chi connectivity index (χ3n) is 4.39. The number of rotatable bonds is 8. The first kappa shape index (κ1) is 19.6. The Morgan fingerprint density at radius 2 is 2.00 bits per heavy atom. The van der Waals surface area contributed by atoms with Crippen LogP contribution in [-0.2, 0) is 4.74 Å². The second kappa shape index (κ2) is 11.0. The monoisotopic (exact) mass is 347 g/mol. The van der Waals surface area contributed by atoms with E-state index in [1.165, 1.54) is 5.56 Å². The minimum atomic E-state index is 0.409. The minimum absolute atomic E-state index is 0.409. The average Bonchev–Trinajstić information content (AvgIpc) is 2.63. The van der Waals surface area contributed by atoms with Crippen molar-refractivity contribution >= 4 is 5.96 Å². The summed E-state index contributed by atoms with van der Waals surface area (Å²) in [5.41, 5.74) is 1.18. The summed E-state index contributed by atoms with van der Waals surface area (Å²) in [4.78, 5) is 7.12. The molecule has 0 spiro atoms. The fraction of sp³-hybridized carbons (Fsp3) is 0.650. The molecule has 1 aromatic carbocycles. The first-order valence-electron chi connectivity index (χ1n) is 9.57. The number of piperidine rings is 1. The molecule has 0 bridgehead atoms. The van der Waals surface area contributed by atoms with Crippen LogP contribution in [0.25, 0.3) is 0 Å². The molecule has 1 aliphatic rings. The SMILES string of the molecule is CCNC(=NCCCOc1ccccc1C)N1CCC(OCC)CC1. The fourth-order valence-electron chi connectivity index (χ4n) is 3.05. The zero-order valence-electron chi connectivity index (χ0n) is 16.0. The Bertz CT molecular complexity index is 525. The maximum absolute atomic E-state index is 5.85. The highest BCUT2D eigenvalue weighted by atomic mass is 16.5. The van der Waals surface area contributed by atoms with Gasteiger partial charge in [-0.15, -0.1) is 0 Å². The molecular weight excluding hydrogens is 314 g/mol. The topological polar surface area (TPSA) is 46.1 Å². The van der Waals surface area contributed by atoms with E-state index in [2.05, 4.69) is 37.1 Å². The van der Waals surface area contributed by atoms with Crippen molar-refractivity contribution < 1.29 is 9.47 Å². The summed E-state index contributed by atoms with van der Waals surface area (Å²) < 4.78 is 11.6. The van der Waals surface area contributed by atoms with Gasteiger partial charge in [-0.3, -0.25) is 4.99 Å². The van der Waals surface area contributed by atoms with Crippen LogP contribution in [0.5, 0.6) is 5.75 Å². The zero-order chi connectivity index (χ0) is 17.9. The van der Waals surface area contributed by atoms with Crippen LogP contribution in [0.15, 0.2) is 29.3 Å². The van der Waals surface area contributed by atoms with E-state index in [-0.39, 0.29) is 0 Å². The summed E-state index contributed by atoms with van der Waals surface area (Å²) in [7, 11) is 0. The number of benzene rings is 1. The highest BCUT2D eigenvalue weighted by Gasteiger charge is 2.21. The van der Waals surface area contributed by atoms with Crippen LogP contribution in [0, 0.1) is 6.92 Å². The van der Waals surface area contributed by atoms with Crippen molar-refractivity contribution in [1.29, 1.82) is 0 Å². The van der Waals surface area contributed by atoms with Gasteiger partial charge in [-0.1, -0.05) is 18.2 Å². The molecule has 1 aliphatic heterocycles. The average molecular weight is 348 g/mol. The predicted molar refractivity (Wildman–Crippen MR) is 103 cm³/mol. The highest BCUT2D eigenvalue weighted by molar-refractivity contribution is 5.80. The third kappa shape index (κ3) is 6.58. The molecule has 1 aromatic rings. The standard InChI is InChI=1S/C20H33N3O2/c1-4-21-20(23-14-11-18(12-15-23)24-5-2)22-13-8-16-25-19-10-7-6-9-17(19)3/h6-7,9-10,18H,4-5,8,11-16H2,1-3H3,(H,21,22). The summed E-state index contributed by atoms with van der Waals surface area (Å²) >= 11 is 0. The maximum atomic E-state index is 5.85. The van der Waals surface area contributed by atoms with Gasteiger partial charge in [0.15, 0.2) is 5.96 Å². The molecule has 1 N–H and O–H groups in total. The van der Waals surface area contributed by atoms with Crippen molar-refractivity contribution in [3.05, 3.63) is 29.8 Å². The first-order chi connectivity index (χ1) is 12.2. The number of likely N-dealkylation sites (tertiary alicyclic amines) is 1. The van der Waals surface area contributed by atoms with Gasteiger partial charge in [-0.25, -0.2) is 0 Å². The van der Waals surface area contributed by atoms with Crippen molar-refractivity contribution in [2.45, 2.75) is 46.1 Å². The molecular formula is C20H33N3O2. The second-order valence-electron chi connectivity index (χ2n) is 6.34. The van der Waals surface area contributed by atoms with Gasteiger partial charge in [-0.05, 0) is 45.2 Å². The Labute approximate surface area is 152 Å². The number of para-hydroxylation sites is 1. The van der Waals surface area contributed by atoms with E-state index in [0.29, 0.717) is 12.7 Å². The molecule has 0 radical (unpaired) electrons. The molecule has 25 heavy (non-hydrogen) atoms. The Morgan fingerprint density at radius 3 is 2.68 bits per heavy atom. The van der Waals surface area contributed by atoms with Gasteiger partial charge < -0.3 is 19.7 Å². The summed E-state index contributed by atoms with van der Waals surface area (Å²) in [5, 5.41) is 3.41. The van der Waals surface area contributed by atoms with Gasteiger partial charge in [0.2, 0.25) is 0 Å². The molecule has 140 valence electrons. The molecule has 5 heteroatoms. The molecule has 1 fully saturated rings. The van der Waals surface area contributed by atoms with Crippen molar-refractivity contribution in [2.24, 2.45) is 4.99 Å². The maximum Gasteiger partial charge on any atom is 0.193 e.